The molecule has 7 heteroatoms. The van der Waals surface area contributed by atoms with Crippen molar-refractivity contribution in [1.82, 2.24) is 5.32 Å². The maximum absolute atomic E-state index is 12.0. The van der Waals surface area contributed by atoms with E-state index < -0.39 is 12.2 Å². The van der Waals surface area contributed by atoms with E-state index in [1.807, 2.05) is 0 Å². The summed E-state index contributed by atoms with van der Waals surface area (Å²) < 4.78 is 28.3. The summed E-state index contributed by atoms with van der Waals surface area (Å²) in [5.41, 5.74) is -0.137. The number of hydrogen-bond acceptors (Lipinski definition) is 4. The molecule has 1 amide bonds. The summed E-state index contributed by atoms with van der Waals surface area (Å²) in [6, 6.07) is 8.05. The molecule has 0 unspecified atom stereocenters. The molecule has 0 bridgehead atoms. The Morgan fingerprint density at radius 1 is 1.32 bits per heavy atom. The van der Waals surface area contributed by atoms with Crippen molar-refractivity contribution >= 4 is 11.6 Å². The summed E-state index contributed by atoms with van der Waals surface area (Å²) in [5, 5.41) is 14.8. The fraction of sp³-hybridized carbons (Fsp3) is 0.467. The number of hydrogen-bond donors (Lipinski definition) is 2. The van der Waals surface area contributed by atoms with Crippen LogP contribution in [0.3, 0.4) is 0 Å². The highest BCUT2D eigenvalue weighted by atomic mass is 19.3. The summed E-state index contributed by atoms with van der Waals surface area (Å²) in [6.45, 7) is -2.85. The maximum atomic E-state index is 12.0. The number of anilines is 1. The number of nitrogens with one attached hydrogen (secondary N) is 2. The Morgan fingerprint density at radius 3 is 2.50 bits per heavy atom. The Hall–Kier alpha value is -2.36. The molecule has 118 valence electrons. The molecular weight excluding hydrogens is 292 g/mol. The second-order valence-corrected chi connectivity index (χ2v) is 5.21. The molecule has 2 N–H and O–H groups in total. The van der Waals surface area contributed by atoms with E-state index in [1.165, 1.54) is 12.1 Å². The lowest BCUT2D eigenvalue weighted by atomic mass is 10.00. The van der Waals surface area contributed by atoms with Gasteiger partial charge in [0.1, 0.15) is 11.3 Å². The number of nitrogens with zero attached hydrogens (tertiary/aromatic N) is 1. The quantitative estimate of drug-likeness (QED) is 0.847. The van der Waals surface area contributed by atoms with E-state index in [-0.39, 0.29) is 18.2 Å². The molecule has 1 aliphatic carbocycles. The Bertz CT molecular complexity index is 549. The van der Waals surface area contributed by atoms with Gasteiger partial charge in [-0.15, -0.1) is 0 Å². The van der Waals surface area contributed by atoms with Crippen molar-refractivity contribution in [1.29, 1.82) is 5.26 Å². The number of benzene rings is 1. The van der Waals surface area contributed by atoms with Crippen molar-refractivity contribution in [3.63, 3.8) is 0 Å². The van der Waals surface area contributed by atoms with Crippen molar-refractivity contribution in [2.45, 2.75) is 37.8 Å². The maximum Gasteiger partial charge on any atom is 0.387 e. The van der Waals surface area contributed by atoms with Crippen LogP contribution in [-0.4, -0.2) is 24.6 Å². The van der Waals surface area contributed by atoms with Gasteiger partial charge in [-0.05, 0) is 49.9 Å². The van der Waals surface area contributed by atoms with Gasteiger partial charge in [-0.2, -0.15) is 14.0 Å². The van der Waals surface area contributed by atoms with Gasteiger partial charge in [0.2, 0.25) is 5.91 Å². The van der Waals surface area contributed by atoms with E-state index in [0.29, 0.717) is 18.5 Å². The number of carbonyl (C=O) groups excluding carboxylic acids is 1. The minimum atomic E-state index is -2.86. The summed E-state index contributed by atoms with van der Waals surface area (Å²) >= 11 is 0. The molecule has 1 aliphatic rings. The molecule has 1 aromatic rings. The molecule has 1 fully saturated rings. The van der Waals surface area contributed by atoms with Crippen LogP contribution in [0, 0.1) is 11.3 Å². The highest BCUT2D eigenvalue weighted by molar-refractivity contribution is 5.81. The van der Waals surface area contributed by atoms with Gasteiger partial charge in [0.25, 0.3) is 0 Å². The average molecular weight is 309 g/mol. The van der Waals surface area contributed by atoms with Crippen LogP contribution in [0.2, 0.25) is 0 Å². The smallest absolute Gasteiger partial charge is 0.387 e. The fourth-order valence-electron chi connectivity index (χ4n) is 2.49. The summed E-state index contributed by atoms with van der Waals surface area (Å²) in [4.78, 5) is 11.9. The standard InChI is InChI=1S/C15H17F2N3O2/c16-14(17)22-12-5-3-11(4-6-12)19-9-13(21)20-15(10-18)7-1-2-8-15/h3-6,14,19H,1-2,7-9H2,(H,20,21). The van der Waals surface area contributed by atoms with E-state index in [0.717, 1.165) is 12.8 Å². The zero-order chi connectivity index (χ0) is 16.0. The van der Waals surface area contributed by atoms with E-state index in [9.17, 15) is 18.8 Å². The van der Waals surface area contributed by atoms with Crippen LogP contribution in [0.15, 0.2) is 24.3 Å². The Labute approximate surface area is 127 Å². The van der Waals surface area contributed by atoms with Crippen LogP contribution in [-0.2, 0) is 4.79 Å². The zero-order valence-corrected chi connectivity index (χ0v) is 11.9. The van der Waals surface area contributed by atoms with Crippen molar-refractivity contribution in [3.05, 3.63) is 24.3 Å². The van der Waals surface area contributed by atoms with Gasteiger partial charge < -0.3 is 15.4 Å². The second kappa shape index (κ2) is 7.07. The third-order valence-corrected chi connectivity index (χ3v) is 3.58. The lowest BCUT2D eigenvalue weighted by Gasteiger charge is -2.22. The molecule has 1 aromatic carbocycles. The largest absolute Gasteiger partial charge is 0.435 e. The number of ether oxygens (including phenoxy) is 1. The van der Waals surface area contributed by atoms with Crippen molar-refractivity contribution in [2.24, 2.45) is 0 Å². The highest BCUT2D eigenvalue weighted by Crippen LogP contribution is 2.28. The van der Waals surface area contributed by atoms with Gasteiger partial charge in [-0.3, -0.25) is 4.79 Å². The van der Waals surface area contributed by atoms with Crippen LogP contribution < -0.4 is 15.4 Å². The van der Waals surface area contributed by atoms with Crippen LogP contribution in [0.1, 0.15) is 25.7 Å². The van der Waals surface area contributed by atoms with Crippen molar-refractivity contribution in [3.8, 4) is 11.8 Å². The molecule has 0 aromatic heterocycles. The third-order valence-electron chi connectivity index (χ3n) is 3.58. The van der Waals surface area contributed by atoms with Gasteiger partial charge in [0, 0.05) is 5.69 Å². The minimum Gasteiger partial charge on any atom is -0.435 e. The molecule has 0 aliphatic heterocycles. The molecule has 0 radical (unpaired) electrons. The van der Waals surface area contributed by atoms with E-state index in [1.54, 1.807) is 12.1 Å². The molecule has 5 nitrogen and oxygen atoms in total. The molecular formula is C15H17F2N3O2. The van der Waals surface area contributed by atoms with E-state index in [2.05, 4.69) is 21.4 Å². The van der Waals surface area contributed by atoms with E-state index in [4.69, 9.17) is 0 Å². The Balaban J connectivity index is 1.82. The number of nitriles is 1. The predicted octanol–water partition coefficient (Wildman–Crippen LogP) is 2.65. The number of amides is 1. The van der Waals surface area contributed by atoms with Gasteiger partial charge in [-0.25, -0.2) is 0 Å². The van der Waals surface area contributed by atoms with Gasteiger partial charge in [0.05, 0.1) is 12.6 Å². The summed E-state index contributed by atoms with van der Waals surface area (Å²) in [5.74, 6) is -0.212. The fourth-order valence-corrected chi connectivity index (χ4v) is 2.49. The Kier molecular flexibility index (Phi) is 5.15. The van der Waals surface area contributed by atoms with Crippen LogP contribution in [0.25, 0.3) is 0 Å². The predicted molar refractivity (Wildman–Crippen MR) is 76.5 cm³/mol. The number of rotatable bonds is 6. The molecule has 0 spiro atoms. The van der Waals surface area contributed by atoms with Gasteiger partial charge in [-0.1, -0.05) is 0 Å². The monoisotopic (exact) mass is 309 g/mol. The number of alkyl halides is 2. The lowest BCUT2D eigenvalue weighted by molar-refractivity contribution is -0.120. The summed E-state index contributed by atoms with van der Waals surface area (Å²) in [6.07, 6.45) is 3.23. The average Bonchev–Trinajstić information content (AvgIpc) is 2.95. The van der Waals surface area contributed by atoms with Crippen LogP contribution in [0.4, 0.5) is 14.5 Å². The number of carbonyl (C=O) groups is 1. The Morgan fingerprint density at radius 2 is 1.95 bits per heavy atom. The van der Waals surface area contributed by atoms with Gasteiger partial charge >= 0.3 is 6.61 Å². The molecule has 22 heavy (non-hydrogen) atoms. The first-order chi connectivity index (χ1) is 10.5. The first-order valence-corrected chi connectivity index (χ1v) is 7.04. The topological polar surface area (TPSA) is 74.2 Å². The molecule has 0 heterocycles. The first-order valence-electron chi connectivity index (χ1n) is 7.04. The van der Waals surface area contributed by atoms with Gasteiger partial charge in [0.15, 0.2) is 0 Å². The minimum absolute atomic E-state index is 0.0124. The van der Waals surface area contributed by atoms with E-state index >= 15 is 0 Å². The van der Waals surface area contributed by atoms with Crippen LogP contribution in [0.5, 0.6) is 5.75 Å². The molecule has 0 saturated heterocycles. The lowest BCUT2D eigenvalue weighted by Crippen LogP contribution is -2.47. The van der Waals surface area contributed by atoms with Crippen molar-refractivity contribution in [2.75, 3.05) is 11.9 Å². The molecule has 2 rings (SSSR count). The third kappa shape index (κ3) is 4.32. The van der Waals surface area contributed by atoms with Crippen molar-refractivity contribution < 1.29 is 18.3 Å². The second-order valence-electron chi connectivity index (χ2n) is 5.21. The SMILES string of the molecule is N#CC1(NC(=O)CNc2ccc(OC(F)F)cc2)CCCC1. The normalized spacial score (nSPS) is 16.1. The zero-order valence-electron chi connectivity index (χ0n) is 11.9. The number of halogens is 2. The molecule has 1 saturated carbocycles. The highest BCUT2D eigenvalue weighted by Gasteiger charge is 2.35. The first kappa shape index (κ1) is 16.0. The molecule has 0 atom stereocenters. The summed E-state index contributed by atoms with van der Waals surface area (Å²) in [7, 11) is 0. The van der Waals surface area contributed by atoms with Crippen LogP contribution >= 0.6 is 0 Å².